The SMILES string of the molecule is CC(Nc1ncc(C(=O)Nc2ccc(N(C)C)cc2)cn1)c1ccccc1. The second kappa shape index (κ2) is 8.31. The molecule has 1 aromatic heterocycles. The Morgan fingerprint density at radius 2 is 1.59 bits per heavy atom. The summed E-state index contributed by atoms with van der Waals surface area (Å²) < 4.78 is 0. The van der Waals surface area contributed by atoms with Gasteiger partial charge in [0.15, 0.2) is 0 Å². The molecule has 1 amide bonds. The number of carbonyl (C=O) groups is 1. The molecule has 0 saturated carbocycles. The molecule has 2 aromatic carbocycles. The molecular weight excluding hydrogens is 338 g/mol. The van der Waals surface area contributed by atoms with Gasteiger partial charge in [0.2, 0.25) is 5.95 Å². The summed E-state index contributed by atoms with van der Waals surface area (Å²) in [5.74, 6) is 0.244. The van der Waals surface area contributed by atoms with Crippen LogP contribution in [-0.2, 0) is 0 Å². The first-order valence-corrected chi connectivity index (χ1v) is 8.75. The first kappa shape index (κ1) is 18.4. The third-order valence-electron chi connectivity index (χ3n) is 4.20. The van der Waals surface area contributed by atoms with Gasteiger partial charge < -0.3 is 15.5 Å². The van der Waals surface area contributed by atoms with Crippen molar-refractivity contribution in [2.45, 2.75) is 13.0 Å². The van der Waals surface area contributed by atoms with Crippen molar-refractivity contribution in [2.75, 3.05) is 29.6 Å². The molecule has 138 valence electrons. The zero-order chi connectivity index (χ0) is 19.2. The first-order chi connectivity index (χ1) is 13.0. The van der Waals surface area contributed by atoms with E-state index in [1.54, 1.807) is 0 Å². The molecular formula is C21H23N5O. The lowest BCUT2D eigenvalue weighted by Gasteiger charge is -2.14. The van der Waals surface area contributed by atoms with Crippen LogP contribution in [0.25, 0.3) is 0 Å². The Kier molecular flexibility index (Phi) is 5.66. The van der Waals surface area contributed by atoms with Gasteiger partial charge in [0.25, 0.3) is 5.91 Å². The smallest absolute Gasteiger partial charge is 0.258 e. The predicted molar refractivity (Wildman–Crippen MR) is 109 cm³/mol. The van der Waals surface area contributed by atoms with Crippen LogP contribution in [0.2, 0.25) is 0 Å². The molecule has 2 N–H and O–H groups in total. The van der Waals surface area contributed by atoms with E-state index < -0.39 is 0 Å². The van der Waals surface area contributed by atoms with E-state index in [4.69, 9.17) is 0 Å². The van der Waals surface area contributed by atoms with Gasteiger partial charge in [-0.05, 0) is 36.8 Å². The standard InChI is InChI=1S/C21H23N5O/c1-15(16-7-5-4-6-8-16)24-21-22-13-17(14-23-21)20(27)25-18-9-11-19(12-10-18)26(2)3/h4-15H,1-3H3,(H,25,27)(H,22,23,24). The Balaban J connectivity index is 1.61. The Labute approximate surface area is 159 Å². The first-order valence-electron chi connectivity index (χ1n) is 8.75. The molecule has 1 unspecified atom stereocenters. The molecule has 0 aliphatic heterocycles. The molecule has 0 fully saturated rings. The average Bonchev–Trinajstić information content (AvgIpc) is 2.69. The lowest BCUT2D eigenvalue weighted by atomic mass is 10.1. The zero-order valence-corrected chi connectivity index (χ0v) is 15.7. The van der Waals surface area contributed by atoms with Crippen LogP contribution in [0.1, 0.15) is 28.9 Å². The highest BCUT2D eigenvalue weighted by molar-refractivity contribution is 6.03. The molecule has 27 heavy (non-hydrogen) atoms. The number of carbonyl (C=O) groups excluding carboxylic acids is 1. The highest BCUT2D eigenvalue weighted by Crippen LogP contribution is 2.18. The number of amides is 1. The fraction of sp³-hybridized carbons (Fsp3) is 0.190. The number of rotatable bonds is 6. The normalized spacial score (nSPS) is 11.5. The summed E-state index contributed by atoms with van der Waals surface area (Å²) in [5, 5.41) is 6.08. The van der Waals surface area contributed by atoms with Crippen LogP contribution in [0.15, 0.2) is 67.0 Å². The highest BCUT2D eigenvalue weighted by atomic mass is 16.1. The van der Waals surface area contributed by atoms with Crippen LogP contribution in [0, 0.1) is 0 Å². The maximum atomic E-state index is 12.4. The monoisotopic (exact) mass is 361 g/mol. The van der Waals surface area contributed by atoms with Crippen molar-refractivity contribution < 1.29 is 4.79 Å². The van der Waals surface area contributed by atoms with Crippen LogP contribution >= 0.6 is 0 Å². The fourth-order valence-electron chi connectivity index (χ4n) is 2.58. The van der Waals surface area contributed by atoms with Gasteiger partial charge in [-0.25, -0.2) is 9.97 Å². The van der Waals surface area contributed by atoms with E-state index in [1.165, 1.54) is 12.4 Å². The van der Waals surface area contributed by atoms with Gasteiger partial charge in [-0.15, -0.1) is 0 Å². The van der Waals surface area contributed by atoms with Gasteiger partial charge in [0.1, 0.15) is 0 Å². The molecule has 0 aliphatic rings. The minimum Gasteiger partial charge on any atom is -0.378 e. The van der Waals surface area contributed by atoms with E-state index in [-0.39, 0.29) is 11.9 Å². The van der Waals surface area contributed by atoms with Crippen molar-refractivity contribution in [1.29, 1.82) is 0 Å². The summed E-state index contributed by atoms with van der Waals surface area (Å²) in [6, 6.07) is 17.8. The largest absolute Gasteiger partial charge is 0.378 e. The molecule has 3 aromatic rings. The molecule has 1 heterocycles. The fourth-order valence-corrected chi connectivity index (χ4v) is 2.58. The maximum absolute atomic E-state index is 12.4. The van der Waals surface area contributed by atoms with Crippen molar-refractivity contribution in [2.24, 2.45) is 0 Å². The second-order valence-electron chi connectivity index (χ2n) is 6.47. The van der Waals surface area contributed by atoms with Crippen LogP contribution in [0.4, 0.5) is 17.3 Å². The molecule has 0 radical (unpaired) electrons. The minimum absolute atomic E-state index is 0.0705. The Bertz CT molecular complexity index is 877. The molecule has 0 bridgehead atoms. The summed E-state index contributed by atoms with van der Waals surface area (Å²) >= 11 is 0. The van der Waals surface area contributed by atoms with Crippen molar-refractivity contribution in [3.05, 3.63) is 78.1 Å². The van der Waals surface area contributed by atoms with Gasteiger partial charge >= 0.3 is 0 Å². The number of hydrogen-bond acceptors (Lipinski definition) is 5. The second-order valence-corrected chi connectivity index (χ2v) is 6.47. The van der Waals surface area contributed by atoms with E-state index in [0.717, 1.165) is 16.9 Å². The Hall–Kier alpha value is -3.41. The van der Waals surface area contributed by atoms with Crippen LogP contribution in [0.3, 0.4) is 0 Å². The van der Waals surface area contributed by atoms with Crippen molar-refractivity contribution in [1.82, 2.24) is 9.97 Å². The molecule has 1 atom stereocenters. The number of nitrogens with one attached hydrogen (secondary N) is 2. The van der Waals surface area contributed by atoms with Crippen LogP contribution < -0.4 is 15.5 Å². The van der Waals surface area contributed by atoms with E-state index in [0.29, 0.717) is 11.5 Å². The van der Waals surface area contributed by atoms with Gasteiger partial charge in [-0.1, -0.05) is 30.3 Å². The Morgan fingerprint density at radius 1 is 0.963 bits per heavy atom. The predicted octanol–water partition coefficient (Wildman–Crippen LogP) is 3.97. The average molecular weight is 361 g/mol. The maximum Gasteiger partial charge on any atom is 0.258 e. The van der Waals surface area contributed by atoms with Crippen LogP contribution in [0.5, 0.6) is 0 Å². The zero-order valence-electron chi connectivity index (χ0n) is 15.7. The molecule has 0 spiro atoms. The van der Waals surface area contributed by atoms with Crippen LogP contribution in [-0.4, -0.2) is 30.0 Å². The van der Waals surface area contributed by atoms with Gasteiger partial charge in [0, 0.05) is 37.9 Å². The summed E-state index contributed by atoms with van der Waals surface area (Å²) in [4.78, 5) is 22.9. The number of nitrogens with zero attached hydrogens (tertiary/aromatic N) is 3. The van der Waals surface area contributed by atoms with Crippen molar-refractivity contribution in [3.8, 4) is 0 Å². The highest BCUT2D eigenvalue weighted by Gasteiger charge is 2.10. The summed E-state index contributed by atoms with van der Waals surface area (Å²) in [6.07, 6.45) is 3.05. The van der Waals surface area contributed by atoms with E-state index >= 15 is 0 Å². The summed E-state index contributed by atoms with van der Waals surface area (Å²) in [7, 11) is 3.94. The number of hydrogen-bond donors (Lipinski definition) is 2. The number of benzene rings is 2. The van der Waals surface area contributed by atoms with Gasteiger partial charge in [-0.2, -0.15) is 0 Å². The van der Waals surface area contributed by atoms with Gasteiger partial charge in [0.05, 0.1) is 11.6 Å². The molecule has 6 nitrogen and oxygen atoms in total. The molecule has 3 rings (SSSR count). The number of anilines is 3. The van der Waals surface area contributed by atoms with Crippen molar-refractivity contribution >= 4 is 23.2 Å². The summed E-state index contributed by atoms with van der Waals surface area (Å²) in [5.41, 5.74) is 3.35. The number of aromatic nitrogens is 2. The van der Waals surface area contributed by atoms with Crippen molar-refractivity contribution in [3.63, 3.8) is 0 Å². The van der Waals surface area contributed by atoms with E-state index in [2.05, 4.69) is 20.6 Å². The van der Waals surface area contributed by atoms with E-state index in [9.17, 15) is 4.79 Å². The lowest BCUT2D eigenvalue weighted by Crippen LogP contribution is -2.14. The molecule has 6 heteroatoms. The lowest BCUT2D eigenvalue weighted by molar-refractivity contribution is 0.102. The quantitative estimate of drug-likeness (QED) is 0.695. The molecule has 0 saturated heterocycles. The summed E-state index contributed by atoms with van der Waals surface area (Å²) in [6.45, 7) is 2.04. The minimum atomic E-state index is -0.240. The topological polar surface area (TPSA) is 70.2 Å². The third-order valence-corrected chi connectivity index (χ3v) is 4.20. The van der Waals surface area contributed by atoms with Gasteiger partial charge in [-0.3, -0.25) is 4.79 Å². The third kappa shape index (κ3) is 4.82. The van der Waals surface area contributed by atoms with E-state index in [1.807, 2.05) is 80.5 Å². The molecule has 0 aliphatic carbocycles. The Morgan fingerprint density at radius 3 is 2.19 bits per heavy atom.